The highest BCUT2D eigenvalue weighted by Crippen LogP contribution is 2.37. The highest BCUT2D eigenvalue weighted by molar-refractivity contribution is 6.31. The summed E-state index contributed by atoms with van der Waals surface area (Å²) in [4.78, 5) is 39.5. The zero-order valence-electron chi connectivity index (χ0n) is 18.7. The van der Waals surface area contributed by atoms with Gasteiger partial charge in [0.2, 0.25) is 0 Å². The maximum atomic E-state index is 13.8. The number of aliphatic hydroxyl groups excluding tert-OH is 2. The molecule has 2 N–H and O–H groups in total. The molecule has 3 aromatic rings. The summed E-state index contributed by atoms with van der Waals surface area (Å²) in [7, 11) is 0. The molecule has 0 fully saturated rings. The van der Waals surface area contributed by atoms with Crippen LogP contribution in [-0.2, 0) is 22.7 Å². The fourth-order valence-corrected chi connectivity index (χ4v) is 3.99. The van der Waals surface area contributed by atoms with Crippen LogP contribution in [0.1, 0.15) is 11.1 Å². The van der Waals surface area contributed by atoms with E-state index >= 15 is 0 Å². The smallest absolute Gasteiger partial charge is 0.273 e. The van der Waals surface area contributed by atoms with Crippen LogP contribution in [0.5, 0.6) is 5.75 Å². The lowest BCUT2D eigenvalue weighted by Crippen LogP contribution is -2.40. The predicted octanol–water partition coefficient (Wildman–Crippen LogP) is 2.03. The summed E-state index contributed by atoms with van der Waals surface area (Å²) in [6, 6.07) is 9.29. The van der Waals surface area contributed by atoms with E-state index in [2.05, 4.69) is 0 Å². The van der Waals surface area contributed by atoms with Crippen molar-refractivity contribution in [3.8, 4) is 5.75 Å². The van der Waals surface area contributed by atoms with Crippen LogP contribution in [0, 0.1) is 11.6 Å². The summed E-state index contributed by atoms with van der Waals surface area (Å²) in [6.45, 7) is -1.91. The number of benzene rings is 2. The van der Waals surface area contributed by atoms with Crippen molar-refractivity contribution in [2.24, 2.45) is 0 Å². The Bertz CT molecular complexity index is 1400. The van der Waals surface area contributed by atoms with Crippen molar-refractivity contribution in [3.05, 3.63) is 86.8 Å². The number of hydrogen-bond donors (Lipinski definition) is 2. The van der Waals surface area contributed by atoms with Gasteiger partial charge in [-0.3, -0.25) is 24.2 Å². The number of anilines is 2. The molecule has 2 amide bonds. The van der Waals surface area contributed by atoms with Crippen LogP contribution in [-0.4, -0.2) is 46.5 Å². The fraction of sp³-hybridized carbons (Fsp3) is 0.208. The number of hydrogen-bond acceptors (Lipinski definition) is 6. The van der Waals surface area contributed by atoms with E-state index in [1.807, 2.05) is 0 Å². The molecule has 36 heavy (non-hydrogen) atoms. The second-order valence-electron chi connectivity index (χ2n) is 7.88. The minimum Gasteiger partial charge on any atom is -0.487 e. The monoisotopic (exact) mass is 519 g/mol. The van der Waals surface area contributed by atoms with E-state index in [1.54, 1.807) is 18.2 Å². The lowest BCUT2D eigenvalue weighted by Gasteiger charge is -2.17. The van der Waals surface area contributed by atoms with Gasteiger partial charge in [0.1, 0.15) is 48.9 Å². The molecule has 12 heteroatoms. The third-order valence-corrected chi connectivity index (χ3v) is 5.95. The Labute approximate surface area is 208 Å². The second kappa shape index (κ2) is 10.4. The molecular weight excluding hydrogens is 500 g/mol. The number of carbonyl (C=O) groups excluding carboxylic acids is 2. The third kappa shape index (κ3) is 4.94. The van der Waals surface area contributed by atoms with Crippen molar-refractivity contribution in [1.82, 2.24) is 4.57 Å². The van der Waals surface area contributed by atoms with Crippen LogP contribution in [0.25, 0.3) is 0 Å². The normalized spacial score (nSPS) is 12.6. The summed E-state index contributed by atoms with van der Waals surface area (Å²) in [5.41, 5.74) is 0.804. The van der Waals surface area contributed by atoms with Crippen LogP contribution in [0.2, 0.25) is 5.02 Å². The highest BCUT2D eigenvalue weighted by Gasteiger charge is 2.33. The largest absolute Gasteiger partial charge is 0.487 e. The molecule has 1 aromatic heterocycles. The molecule has 0 saturated carbocycles. The first-order valence-electron chi connectivity index (χ1n) is 10.6. The topological polar surface area (TPSA) is 112 Å². The van der Waals surface area contributed by atoms with Crippen LogP contribution >= 0.6 is 11.6 Å². The van der Waals surface area contributed by atoms with E-state index in [-0.39, 0.29) is 36.2 Å². The molecule has 0 atom stereocenters. The van der Waals surface area contributed by atoms with Gasteiger partial charge in [0, 0.05) is 17.8 Å². The van der Waals surface area contributed by atoms with E-state index in [4.69, 9.17) is 16.3 Å². The van der Waals surface area contributed by atoms with Crippen LogP contribution < -0.4 is 20.1 Å². The molecule has 0 spiro atoms. The standard InChI is InChI=1S/C24H20ClF2N3O6/c25-23-20(36-12-15-2-3-16(26)8-17(15)27)5-6-28(24(23)35)9-14-1-4-18-19(7-14)30(22(34)11-32)13-29(18)21(33)10-31/h1-8,31-32H,9-13H2. The highest BCUT2D eigenvalue weighted by atomic mass is 35.5. The Morgan fingerprint density at radius 1 is 0.972 bits per heavy atom. The van der Waals surface area contributed by atoms with E-state index in [9.17, 15) is 33.4 Å². The lowest BCUT2D eigenvalue weighted by molar-refractivity contribution is -0.121. The van der Waals surface area contributed by atoms with Crippen molar-refractivity contribution in [2.45, 2.75) is 13.2 Å². The van der Waals surface area contributed by atoms with Crippen LogP contribution in [0.15, 0.2) is 53.5 Å². The molecule has 0 bridgehead atoms. The number of fused-ring (bicyclic) bond motifs is 1. The second-order valence-corrected chi connectivity index (χ2v) is 8.25. The van der Waals surface area contributed by atoms with Crippen molar-refractivity contribution in [1.29, 1.82) is 0 Å². The number of halogens is 3. The van der Waals surface area contributed by atoms with Gasteiger partial charge < -0.3 is 19.5 Å². The third-order valence-electron chi connectivity index (χ3n) is 5.60. The Morgan fingerprint density at radius 3 is 2.33 bits per heavy atom. The molecule has 0 saturated heterocycles. The first kappa shape index (κ1) is 25.3. The van der Waals surface area contributed by atoms with E-state index < -0.39 is 42.2 Å². The minimum atomic E-state index is -0.788. The van der Waals surface area contributed by atoms with E-state index in [0.29, 0.717) is 16.9 Å². The van der Waals surface area contributed by atoms with Gasteiger partial charge in [-0.2, -0.15) is 0 Å². The van der Waals surface area contributed by atoms with E-state index in [0.717, 1.165) is 12.1 Å². The molecule has 4 rings (SSSR count). The van der Waals surface area contributed by atoms with E-state index in [1.165, 1.54) is 32.7 Å². The van der Waals surface area contributed by atoms with Crippen molar-refractivity contribution in [2.75, 3.05) is 29.7 Å². The van der Waals surface area contributed by atoms with Crippen LogP contribution in [0.3, 0.4) is 0 Å². The molecule has 2 heterocycles. The molecule has 188 valence electrons. The van der Waals surface area contributed by atoms with Gasteiger partial charge in [0.25, 0.3) is 17.4 Å². The molecule has 1 aliphatic heterocycles. The Hall–Kier alpha value is -3.80. The molecule has 9 nitrogen and oxygen atoms in total. The quantitative estimate of drug-likeness (QED) is 0.494. The van der Waals surface area contributed by atoms with Crippen molar-refractivity contribution >= 4 is 34.8 Å². The Balaban J connectivity index is 1.56. The molecule has 0 radical (unpaired) electrons. The van der Waals surface area contributed by atoms with Gasteiger partial charge in [-0.1, -0.05) is 17.7 Å². The van der Waals surface area contributed by atoms with Crippen LogP contribution in [0.4, 0.5) is 20.2 Å². The molecule has 2 aromatic carbocycles. The van der Waals surface area contributed by atoms with Gasteiger partial charge in [-0.05, 0) is 35.9 Å². The van der Waals surface area contributed by atoms with Gasteiger partial charge >= 0.3 is 0 Å². The first-order chi connectivity index (χ1) is 17.2. The number of ether oxygens (including phenoxy) is 1. The summed E-state index contributed by atoms with van der Waals surface area (Å²) >= 11 is 6.18. The number of aromatic nitrogens is 1. The van der Waals surface area contributed by atoms with Gasteiger partial charge in [0.05, 0.1) is 17.9 Å². The minimum absolute atomic E-state index is 0.0217. The predicted molar refractivity (Wildman–Crippen MR) is 126 cm³/mol. The molecule has 0 unspecified atom stereocenters. The van der Waals surface area contributed by atoms with Crippen molar-refractivity contribution < 1.29 is 33.3 Å². The maximum Gasteiger partial charge on any atom is 0.273 e. The Kier molecular flexibility index (Phi) is 7.34. The zero-order valence-corrected chi connectivity index (χ0v) is 19.4. The summed E-state index contributed by atoms with van der Waals surface area (Å²) in [5.74, 6) is -2.74. The molecular formula is C24H20ClF2N3O6. The number of amides is 2. The van der Waals surface area contributed by atoms with Gasteiger partial charge in [0.15, 0.2) is 0 Å². The van der Waals surface area contributed by atoms with Gasteiger partial charge in [-0.15, -0.1) is 0 Å². The number of rotatable bonds is 7. The zero-order chi connectivity index (χ0) is 26.0. The number of aliphatic hydroxyl groups is 2. The number of nitrogens with zero attached hydrogens (tertiary/aromatic N) is 3. The summed E-state index contributed by atoms with van der Waals surface area (Å²) < 4.78 is 33.6. The van der Waals surface area contributed by atoms with Crippen molar-refractivity contribution in [3.63, 3.8) is 0 Å². The average molecular weight is 520 g/mol. The molecule has 1 aliphatic rings. The Morgan fingerprint density at radius 2 is 1.67 bits per heavy atom. The number of carbonyl (C=O) groups is 2. The lowest BCUT2D eigenvalue weighted by atomic mass is 10.1. The fourth-order valence-electron chi connectivity index (χ4n) is 3.76. The number of pyridine rings is 1. The maximum absolute atomic E-state index is 13.8. The summed E-state index contributed by atoms with van der Waals surface area (Å²) in [6.07, 6.45) is 1.43. The average Bonchev–Trinajstić information content (AvgIpc) is 3.25. The SMILES string of the molecule is O=C(CO)N1CN(C(=O)CO)c2cc(Cn3ccc(OCc4ccc(F)cc4F)c(Cl)c3=O)ccc21. The molecule has 0 aliphatic carbocycles. The summed E-state index contributed by atoms with van der Waals surface area (Å²) in [5, 5.41) is 18.3. The first-order valence-corrected chi connectivity index (χ1v) is 11.0. The van der Waals surface area contributed by atoms with Gasteiger partial charge in [-0.25, -0.2) is 8.78 Å².